The van der Waals surface area contributed by atoms with E-state index >= 15 is 0 Å². The molecule has 0 saturated heterocycles. The van der Waals surface area contributed by atoms with Crippen molar-refractivity contribution in [2.24, 2.45) is 11.3 Å². The summed E-state index contributed by atoms with van der Waals surface area (Å²) >= 11 is 0. The molecule has 0 spiro atoms. The van der Waals surface area contributed by atoms with Crippen molar-refractivity contribution < 1.29 is 0 Å². The molecule has 0 N–H and O–H groups in total. The van der Waals surface area contributed by atoms with Crippen LogP contribution in [0.15, 0.2) is 12.7 Å². The van der Waals surface area contributed by atoms with Gasteiger partial charge in [-0.1, -0.05) is 53.0 Å². The number of hydrogen-bond acceptors (Lipinski definition) is 0. The summed E-state index contributed by atoms with van der Waals surface area (Å²) in [5.41, 5.74) is 0.373. The fourth-order valence-corrected chi connectivity index (χ4v) is 2.23. The van der Waals surface area contributed by atoms with Crippen molar-refractivity contribution in [1.82, 2.24) is 0 Å². The Bertz CT molecular complexity index is 122. The van der Waals surface area contributed by atoms with E-state index in [1.54, 1.807) is 0 Å². The smallest absolute Gasteiger partial charge is 0.0121 e. The lowest BCUT2D eigenvalue weighted by molar-refractivity contribution is 0.220. The molecule has 0 fully saturated rings. The van der Waals surface area contributed by atoms with Crippen LogP contribution in [0.2, 0.25) is 0 Å². The van der Waals surface area contributed by atoms with Gasteiger partial charge in [-0.2, -0.15) is 0 Å². The van der Waals surface area contributed by atoms with Crippen LogP contribution in [-0.4, -0.2) is 0 Å². The second-order valence-corrected chi connectivity index (χ2v) is 3.97. The van der Waals surface area contributed by atoms with Crippen LogP contribution < -0.4 is 0 Å². The predicted octanol–water partition coefficient (Wildman–Crippen LogP) is 4.42. The van der Waals surface area contributed by atoms with Crippen LogP contribution in [0, 0.1) is 11.3 Å². The van der Waals surface area contributed by atoms with Gasteiger partial charge in [-0.05, 0) is 17.8 Å². The summed E-state index contributed by atoms with van der Waals surface area (Å²) < 4.78 is 0. The highest BCUT2D eigenvalue weighted by Crippen LogP contribution is 2.37. The number of allylic oxidation sites excluding steroid dienone is 1. The van der Waals surface area contributed by atoms with Crippen LogP contribution in [-0.2, 0) is 0 Å². The summed E-state index contributed by atoms with van der Waals surface area (Å²) in [5, 5.41) is 0. The standard InChI is InChI=1S/C12H24/c1-6-10-12(5,9-4)11(7-2)8-3/h9,11H,4,6-8,10H2,1-3,5H3. The zero-order chi connectivity index (χ0) is 9.61. The van der Waals surface area contributed by atoms with Crippen molar-refractivity contribution in [2.75, 3.05) is 0 Å². The Balaban J connectivity index is 4.35. The Morgan fingerprint density at radius 3 is 2.00 bits per heavy atom. The molecule has 12 heavy (non-hydrogen) atoms. The summed E-state index contributed by atoms with van der Waals surface area (Å²) in [7, 11) is 0. The second kappa shape index (κ2) is 5.40. The van der Waals surface area contributed by atoms with E-state index in [4.69, 9.17) is 0 Å². The molecule has 0 nitrogen and oxygen atoms in total. The van der Waals surface area contributed by atoms with E-state index in [1.165, 1.54) is 25.7 Å². The molecule has 0 aliphatic rings. The van der Waals surface area contributed by atoms with Gasteiger partial charge in [0.25, 0.3) is 0 Å². The minimum atomic E-state index is 0.373. The first-order valence-corrected chi connectivity index (χ1v) is 5.28. The van der Waals surface area contributed by atoms with E-state index < -0.39 is 0 Å². The third-order valence-corrected chi connectivity index (χ3v) is 3.17. The normalized spacial score (nSPS) is 16.1. The molecule has 0 saturated carbocycles. The molecule has 0 radical (unpaired) electrons. The molecular weight excluding hydrogens is 144 g/mol. The maximum atomic E-state index is 3.97. The Morgan fingerprint density at radius 1 is 1.25 bits per heavy atom. The van der Waals surface area contributed by atoms with Crippen LogP contribution in [0.25, 0.3) is 0 Å². The maximum Gasteiger partial charge on any atom is -0.0121 e. The Hall–Kier alpha value is -0.260. The average molecular weight is 168 g/mol. The molecule has 72 valence electrons. The number of rotatable bonds is 6. The van der Waals surface area contributed by atoms with E-state index in [0.717, 1.165) is 5.92 Å². The quantitative estimate of drug-likeness (QED) is 0.515. The molecular formula is C12H24. The summed E-state index contributed by atoms with van der Waals surface area (Å²) in [5.74, 6) is 0.815. The highest BCUT2D eigenvalue weighted by Gasteiger charge is 2.27. The molecule has 0 amide bonds. The first-order valence-electron chi connectivity index (χ1n) is 5.28. The Morgan fingerprint density at radius 2 is 1.75 bits per heavy atom. The number of hydrogen-bond donors (Lipinski definition) is 0. The maximum absolute atomic E-state index is 3.97. The van der Waals surface area contributed by atoms with Crippen LogP contribution in [0.3, 0.4) is 0 Å². The van der Waals surface area contributed by atoms with Gasteiger partial charge in [0.05, 0.1) is 0 Å². The fourth-order valence-electron chi connectivity index (χ4n) is 2.23. The summed E-state index contributed by atoms with van der Waals surface area (Å²) in [6.07, 6.45) is 7.26. The van der Waals surface area contributed by atoms with Crippen molar-refractivity contribution >= 4 is 0 Å². The van der Waals surface area contributed by atoms with Crippen molar-refractivity contribution in [3.8, 4) is 0 Å². The van der Waals surface area contributed by atoms with Gasteiger partial charge in [-0.25, -0.2) is 0 Å². The molecule has 0 bridgehead atoms. The summed E-state index contributed by atoms with van der Waals surface area (Å²) in [4.78, 5) is 0. The lowest BCUT2D eigenvalue weighted by atomic mass is 9.71. The minimum Gasteiger partial charge on any atom is -0.103 e. The highest BCUT2D eigenvalue weighted by molar-refractivity contribution is 4.95. The SMILES string of the molecule is C=CC(C)(CCC)C(CC)CC. The highest BCUT2D eigenvalue weighted by atomic mass is 14.3. The molecule has 0 heteroatoms. The summed E-state index contributed by atoms with van der Waals surface area (Å²) in [6, 6.07) is 0. The van der Waals surface area contributed by atoms with Gasteiger partial charge in [-0.15, -0.1) is 6.58 Å². The van der Waals surface area contributed by atoms with Gasteiger partial charge in [-0.3, -0.25) is 0 Å². The van der Waals surface area contributed by atoms with Crippen molar-refractivity contribution in [3.63, 3.8) is 0 Å². The zero-order valence-electron chi connectivity index (χ0n) is 9.19. The fraction of sp³-hybridized carbons (Fsp3) is 0.833. The molecule has 0 aliphatic carbocycles. The Kier molecular flexibility index (Phi) is 5.28. The van der Waals surface area contributed by atoms with Gasteiger partial charge in [0, 0.05) is 0 Å². The molecule has 0 aliphatic heterocycles. The van der Waals surface area contributed by atoms with E-state index in [1.807, 2.05) is 0 Å². The topological polar surface area (TPSA) is 0 Å². The van der Waals surface area contributed by atoms with Gasteiger partial charge in [0.2, 0.25) is 0 Å². The predicted molar refractivity (Wildman–Crippen MR) is 57.3 cm³/mol. The lowest BCUT2D eigenvalue weighted by Crippen LogP contribution is -2.23. The van der Waals surface area contributed by atoms with Crippen LogP contribution >= 0.6 is 0 Å². The lowest BCUT2D eigenvalue weighted by Gasteiger charge is -2.34. The molecule has 1 unspecified atom stereocenters. The van der Waals surface area contributed by atoms with Crippen LogP contribution in [0.5, 0.6) is 0 Å². The van der Waals surface area contributed by atoms with E-state index in [9.17, 15) is 0 Å². The molecule has 0 heterocycles. The van der Waals surface area contributed by atoms with Crippen molar-refractivity contribution in [3.05, 3.63) is 12.7 Å². The van der Waals surface area contributed by atoms with E-state index in [-0.39, 0.29) is 0 Å². The van der Waals surface area contributed by atoms with Gasteiger partial charge < -0.3 is 0 Å². The minimum absolute atomic E-state index is 0.373. The zero-order valence-corrected chi connectivity index (χ0v) is 9.19. The molecule has 0 aromatic heterocycles. The molecule has 1 atom stereocenters. The first-order chi connectivity index (χ1) is 5.64. The molecule has 0 aromatic carbocycles. The van der Waals surface area contributed by atoms with Crippen LogP contribution in [0.4, 0.5) is 0 Å². The van der Waals surface area contributed by atoms with Gasteiger partial charge in [0.15, 0.2) is 0 Å². The van der Waals surface area contributed by atoms with E-state index in [0.29, 0.717) is 5.41 Å². The molecule has 0 rings (SSSR count). The monoisotopic (exact) mass is 168 g/mol. The van der Waals surface area contributed by atoms with Gasteiger partial charge >= 0.3 is 0 Å². The first kappa shape index (κ1) is 11.7. The molecule has 0 aromatic rings. The Labute approximate surface area is 78.1 Å². The van der Waals surface area contributed by atoms with Crippen molar-refractivity contribution in [1.29, 1.82) is 0 Å². The summed E-state index contributed by atoms with van der Waals surface area (Å²) in [6.45, 7) is 13.1. The second-order valence-electron chi connectivity index (χ2n) is 3.97. The van der Waals surface area contributed by atoms with Crippen LogP contribution in [0.1, 0.15) is 53.4 Å². The third-order valence-electron chi connectivity index (χ3n) is 3.17. The van der Waals surface area contributed by atoms with Gasteiger partial charge in [0.1, 0.15) is 0 Å². The average Bonchev–Trinajstić information content (AvgIpc) is 2.07. The third kappa shape index (κ3) is 2.66. The van der Waals surface area contributed by atoms with Crippen molar-refractivity contribution in [2.45, 2.75) is 53.4 Å². The largest absolute Gasteiger partial charge is 0.103 e. The van der Waals surface area contributed by atoms with E-state index in [2.05, 4.69) is 40.3 Å².